The van der Waals surface area contributed by atoms with Crippen LogP contribution < -0.4 is 5.43 Å². The lowest BCUT2D eigenvalue weighted by Gasteiger charge is -2.02. The van der Waals surface area contributed by atoms with E-state index < -0.39 is 0 Å². The second-order valence-electron chi connectivity index (χ2n) is 5.24. The van der Waals surface area contributed by atoms with Gasteiger partial charge in [0.15, 0.2) is 5.01 Å². The third-order valence-electron chi connectivity index (χ3n) is 3.10. The molecule has 1 amide bonds. The highest BCUT2D eigenvalue weighted by Gasteiger charge is 2.12. The number of benzene rings is 1. The number of aryl methyl sites for hydroxylation is 1. The van der Waals surface area contributed by atoms with Crippen molar-refractivity contribution in [3.8, 4) is 0 Å². The Morgan fingerprint density at radius 2 is 1.95 bits per heavy atom. The first kappa shape index (κ1) is 15.4. The zero-order valence-corrected chi connectivity index (χ0v) is 13.5. The van der Waals surface area contributed by atoms with Crippen LogP contribution in [0.15, 0.2) is 34.7 Å². The standard InChI is InChI=1S/C16H19N3OS/c1-10(2)14-9-21-16(17-14)15(20)19-18-12(4)13-7-5-11(3)6-8-13/h5-10H,1-4H3,(H,19,20)/b18-12-. The van der Waals surface area contributed by atoms with Gasteiger partial charge in [-0.2, -0.15) is 5.10 Å². The van der Waals surface area contributed by atoms with Crippen molar-refractivity contribution in [3.05, 3.63) is 51.5 Å². The van der Waals surface area contributed by atoms with Crippen molar-refractivity contribution in [1.29, 1.82) is 0 Å². The Balaban J connectivity index is 2.05. The summed E-state index contributed by atoms with van der Waals surface area (Å²) in [6, 6.07) is 8.01. The molecule has 1 aromatic heterocycles. The summed E-state index contributed by atoms with van der Waals surface area (Å²) in [4.78, 5) is 16.3. The molecule has 4 nitrogen and oxygen atoms in total. The molecule has 1 N–H and O–H groups in total. The Morgan fingerprint density at radius 3 is 2.52 bits per heavy atom. The van der Waals surface area contributed by atoms with Gasteiger partial charge in [0, 0.05) is 5.38 Å². The van der Waals surface area contributed by atoms with Gasteiger partial charge >= 0.3 is 0 Å². The molecule has 0 spiro atoms. The number of carbonyl (C=O) groups excluding carboxylic acids is 1. The number of nitrogens with one attached hydrogen (secondary N) is 1. The molecule has 0 fully saturated rings. The molecular weight excluding hydrogens is 282 g/mol. The molecule has 1 heterocycles. The van der Waals surface area contributed by atoms with Gasteiger partial charge in [0.2, 0.25) is 0 Å². The number of thiazole rings is 1. The normalized spacial score (nSPS) is 11.8. The van der Waals surface area contributed by atoms with E-state index in [2.05, 4.69) is 29.4 Å². The fraction of sp³-hybridized carbons (Fsp3) is 0.312. The number of amides is 1. The topological polar surface area (TPSA) is 54.4 Å². The van der Waals surface area contributed by atoms with Gasteiger partial charge in [-0.1, -0.05) is 43.7 Å². The summed E-state index contributed by atoms with van der Waals surface area (Å²) in [5.74, 6) is 0.0546. The van der Waals surface area contributed by atoms with Crippen molar-refractivity contribution in [2.75, 3.05) is 0 Å². The van der Waals surface area contributed by atoms with Crippen LogP contribution in [0.3, 0.4) is 0 Å². The number of hydrogen-bond acceptors (Lipinski definition) is 4. The number of aromatic nitrogens is 1. The fourth-order valence-electron chi connectivity index (χ4n) is 1.70. The van der Waals surface area contributed by atoms with Crippen LogP contribution in [-0.4, -0.2) is 16.6 Å². The Hall–Kier alpha value is -2.01. The van der Waals surface area contributed by atoms with Gasteiger partial charge in [-0.15, -0.1) is 11.3 Å². The molecule has 0 unspecified atom stereocenters. The molecule has 0 atom stereocenters. The summed E-state index contributed by atoms with van der Waals surface area (Å²) in [6.07, 6.45) is 0. The van der Waals surface area contributed by atoms with Crippen molar-refractivity contribution in [2.24, 2.45) is 5.10 Å². The van der Waals surface area contributed by atoms with E-state index in [1.54, 1.807) is 0 Å². The SMILES string of the molecule is C/C(=N/NC(=O)c1nc(C(C)C)cs1)c1ccc(C)cc1. The molecule has 0 radical (unpaired) electrons. The quantitative estimate of drug-likeness (QED) is 0.691. The zero-order valence-electron chi connectivity index (χ0n) is 12.7. The van der Waals surface area contributed by atoms with Gasteiger partial charge in [-0.3, -0.25) is 4.79 Å². The lowest BCUT2D eigenvalue weighted by atomic mass is 10.1. The van der Waals surface area contributed by atoms with Crippen molar-refractivity contribution in [1.82, 2.24) is 10.4 Å². The molecule has 2 rings (SSSR count). The third-order valence-corrected chi connectivity index (χ3v) is 3.96. The van der Waals surface area contributed by atoms with E-state index in [4.69, 9.17) is 0 Å². The fourth-order valence-corrected chi connectivity index (χ4v) is 2.57. The van der Waals surface area contributed by atoms with Gasteiger partial charge in [-0.25, -0.2) is 10.4 Å². The molecule has 0 aliphatic rings. The van der Waals surface area contributed by atoms with E-state index >= 15 is 0 Å². The van der Waals surface area contributed by atoms with E-state index in [0.717, 1.165) is 17.0 Å². The molecule has 0 aliphatic carbocycles. The minimum atomic E-state index is -0.265. The summed E-state index contributed by atoms with van der Waals surface area (Å²) >= 11 is 1.34. The predicted octanol–water partition coefficient (Wildman–Crippen LogP) is 3.73. The molecule has 5 heteroatoms. The van der Waals surface area contributed by atoms with Gasteiger partial charge in [0.25, 0.3) is 5.91 Å². The molecule has 0 saturated heterocycles. The number of nitrogens with zero attached hydrogens (tertiary/aromatic N) is 2. The van der Waals surface area contributed by atoms with Crippen LogP contribution in [0.25, 0.3) is 0 Å². The molecule has 2 aromatic rings. The molecule has 0 aliphatic heterocycles. The molecule has 21 heavy (non-hydrogen) atoms. The number of hydrazone groups is 1. The zero-order chi connectivity index (χ0) is 15.4. The summed E-state index contributed by atoms with van der Waals surface area (Å²) < 4.78 is 0. The number of hydrogen-bond donors (Lipinski definition) is 1. The van der Waals surface area contributed by atoms with Crippen LogP contribution in [0.1, 0.15) is 53.3 Å². The lowest BCUT2D eigenvalue weighted by molar-refractivity contribution is 0.0954. The summed E-state index contributed by atoms with van der Waals surface area (Å²) in [5.41, 5.74) is 6.45. The first-order valence-corrected chi connectivity index (χ1v) is 7.72. The minimum absolute atomic E-state index is 0.265. The van der Waals surface area contributed by atoms with Crippen LogP contribution in [0.5, 0.6) is 0 Å². The Morgan fingerprint density at radius 1 is 1.29 bits per heavy atom. The highest BCUT2D eigenvalue weighted by atomic mass is 32.1. The second kappa shape index (κ2) is 6.63. The van der Waals surface area contributed by atoms with Crippen LogP contribution >= 0.6 is 11.3 Å². The summed E-state index contributed by atoms with van der Waals surface area (Å²) in [7, 11) is 0. The maximum Gasteiger partial charge on any atom is 0.300 e. The minimum Gasteiger partial charge on any atom is -0.265 e. The van der Waals surface area contributed by atoms with Gasteiger partial charge < -0.3 is 0 Å². The van der Waals surface area contributed by atoms with Crippen molar-refractivity contribution in [3.63, 3.8) is 0 Å². The van der Waals surface area contributed by atoms with Crippen LogP contribution in [0.2, 0.25) is 0 Å². The van der Waals surface area contributed by atoms with Crippen LogP contribution in [-0.2, 0) is 0 Å². The van der Waals surface area contributed by atoms with Gasteiger partial charge in [0.05, 0.1) is 11.4 Å². The average molecular weight is 301 g/mol. The highest BCUT2D eigenvalue weighted by Crippen LogP contribution is 2.17. The Labute approximate surface area is 128 Å². The summed E-state index contributed by atoms with van der Waals surface area (Å²) in [6.45, 7) is 8.01. The van der Waals surface area contributed by atoms with Crippen LogP contribution in [0, 0.1) is 6.92 Å². The summed E-state index contributed by atoms with van der Waals surface area (Å²) in [5, 5.41) is 6.49. The predicted molar refractivity (Wildman–Crippen MR) is 87.1 cm³/mol. The molecule has 0 bridgehead atoms. The smallest absolute Gasteiger partial charge is 0.265 e. The van der Waals surface area contributed by atoms with Crippen molar-refractivity contribution < 1.29 is 4.79 Å². The van der Waals surface area contributed by atoms with E-state index in [1.165, 1.54) is 16.9 Å². The Bertz CT molecular complexity index is 656. The van der Waals surface area contributed by atoms with E-state index in [-0.39, 0.29) is 5.91 Å². The molecule has 1 aromatic carbocycles. The molecule has 0 saturated carbocycles. The maximum absolute atomic E-state index is 12.0. The van der Waals surface area contributed by atoms with Gasteiger partial charge in [0.1, 0.15) is 0 Å². The largest absolute Gasteiger partial charge is 0.300 e. The number of carbonyl (C=O) groups is 1. The first-order valence-electron chi connectivity index (χ1n) is 6.84. The maximum atomic E-state index is 12.0. The van der Waals surface area contributed by atoms with Crippen LogP contribution in [0.4, 0.5) is 0 Å². The second-order valence-corrected chi connectivity index (χ2v) is 6.09. The number of rotatable bonds is 4. The monoisotopic (exact) mass is 301 g/mol. The van der Waals surface area contributed by atoms with E-state index in [1.807, 2.05) is 43.5 Å². The van der Waals surface area contributed by atoms with Gasteiger partial charge in [-0.05, 0) is 25.3 Å². The average Bonchev–Trinajstić information content (AvgIpc) is 2.95. The lowest BCUT2D eigenvalue weighted by Crippen LogP contribution is -2.19. The Kier molecular flexibility index (Phi) is 4.85. The van der Waals surface area contributed by atoms with E-state index in [9.17, 15) is 4.79 Å². The highest BCUT2D eigenvalue weighted by molar-refractivity contribution is 7.11. The third kappa shape index (κ3) is 3.98. The first-order chi connectivity index (χ1) is 9.97. The van der Waals surface area contributed by atoms with E-state index in [0.29, 0.717) is 10.9 Å². The van der Waals surface area contributed by atoms with Crippen molar-refractivity contribution in [2.45, 2.75) is 33.6 Å². The molecular formula is C16H19N3OS. The molecule has 110 valence electrons. The van der Waals surface area contributed by atoms with Crippen molar-refractivity contribution >= 4 is 23.0 Å².